The second-order valence-corrected chi connectivity index (χ2v) is 4.16. The Hall–Kier alpha value is -2.68. The van der Waals surface area contributed by atoms with E-state index in [0.717, 1.165) is 5.56 Å². The Morgan fingerprint density at radius 2 is 1.45 bits per heavy atom. The third kappa shape index (κ3) is 3.20. The van der Waals surface area contributed by atoms with Gasteiger partial charge in [0.1, 0.15) is 5.57 Å². The number of ether oxygens (including phenoxy) is 1. The Morgan fingerprint density at radius 1 is 0.900 bits per heavy atom. The van der Waals surface area contributed by atoms with Crippen LogP contribution in [0.15, 0.2) is 66.2 Å². The lowest BCUT2D eigenvalue weighted by Crippen LogP contribution is -2.14. The van der Waals surface area contributed by atoms with E-state index >= 15 is 0 Å². The third-order valence-corrected chi connectivity index (χ3v) is 2.80. The molecule has 2 rings (SSSR count). The number of hydrogen-bond donors (Lipinski definition) is 0. The molecule has 0 unspecified atom stereocenters. The molecular formula is C17H14O3. The number of carbonyl (C=O) groups is 2. The summed E-state index contributed by atoms with van der Waals surface area (Å²) >= 11 is 0. The maximum absolute atomic E-state index is 12.4. The molecule has 0 atom stereocenters. The van der Waals surface area contributed by atoms with Gasteiger partial charge in [0.2, 0.25) is 0 Å². The molecule has 0 bridgehead atoms. The molecule has 0 N–H and O–H groups in total. The zero-order valence-corrected chi connectivity index (χ0v) is 11.1. The van der Waals surface area contributed by atoms with Crippen LogP contribution in [0.4, 0.5) is 0 Å². The zero-order chi connectivity index (χ0) is 14.4. The summed E-state index contributed by atoms with van der Waals surface area (Å²) in [7, 11) is 1.26. The minimum absolute atomic E-state index is 0.0184. The fraction of sp³-hybridized carbons (Fsp3) is 0.0588. The fourth-order valence-electron chi connectivity index (χ4n) is 1.79. The summed E-state index contributed by atoms with van der Waals surface area (Å²) in [6.45, 7) is 0. The molecule has 2 aromatic carbocycles. The van der Waals surface area contributed by atoms with E-state index in [-0.39, 0.29) is 11.4 Å². The van der Waals surface area contributed by atoms with Crippen LogP contribution in [-0.2, 0) is 9.53 Å². The van der Waals surface area contributed by atoms with Gasteiger partial charge in [-0.3, -0.25) is 4.79 Å². The number of esters is 1. The molecule has 0 spiro atoms. The first-order chi connectivity index (χ1) is 9.72. The largest absolute Gasteiger partial charge is 0.465 e. The lowest BCUT2D eigenvalue weighted by Gasteiger charge is -2.05. The normalized spacial score (nSPS) is 10.9. The van der Waals surface area contributed by atoms with Gasteiger partial charge in [0.25, 0.3) is 0 Å². The van der Waals surface area contributed by atoms with Gasteiger partial charge in [-0.15, -0.1) is 0 Å². The molecule has 2 aromatic rings. The molecule has 3 nitrogen and oxygen atoms in total. The van der Waals surface area contributed by atoms with E-state index < -0.39 is 5.97 Å². The minimum atomic E-state index is -0.636. The van der Waals surface area contributed by atoms with E-state index in [0.29, 0.717) is 5.56 Å². The minimum Gasteiger partial charge on any atom is -0.465 e. The quantitative estimate of drug-likeness (QED) is 0.281. The van der Waals surface area contributed by atoms with Crippen LogP contribution in [0.2, 0.25) is 0 Å². The third-order valence-electron chi connectivity index (χ3n) is 2.80. The number of hydrogen-bond acceptors (Lipinski definition) is 3. The SMILES string of the molecule is COC(=O)/C(=C\c1ccccc1)C(=O)c1ccccc1. The first kappa shape index (κ1) is 13.7. The van der Waals surface area contributed by atoms with Crippen LogP contribution in [0.1, 0.15) is 15.9 Å². The second kappa shape index (κ2) is 6.48. The van der Waals surface area contributed by atoms with Crippen LogP contribution in [-0.4, -0.2) is 18.9 Å². The molecule has 0 fully saturated rings. The van der Waals surface area contributed by atoms with Crippen LogP contribution in [0.5, 0.6) is 0 Å². The van der Waals surface area contributed by atoms with Gasteiger partial charge in [-0.1, -0.05) is 60.7 Å². The maximum Gasteiger partial charge on any atom is 0.341 e. The van der Waals surface area contributed by atoms with Gasteiger partial charge < -0.3 is 4.74 Å². The molecule has 0 saturated heterocycles. The van der Waals surface area contributed by atoms with Crippen LogP contribution in [0.3, 0.4) is 0 Å². The molecule has 0 aromatic heterocycles. The number of rotatable bonds is 4. The highest BCUT2D eigenvalue weighted by atomic mass is 16.5. The highest BCUT2D eigenvalue weighted by molar-refractivity contribution is 6.26. The van der Waals surface area contributed by atoms with Crippen molar-refractivity contribution in [2.45, 2.75) is 0 Å². The Balaban J connectivity index is 2.41. The second-order valence-electron chi connectivity index (χ2n) is 4.16. The molecule has 0 amide bonds. The monoisotopic (exact) mass is 266 g/mol. The topological polar surface area (TPSA) is 43.4 Å². The standard InChI is InChI=1S/C17H14O3/c1-20-17(19)15(12-13-8-4-2-5-9-13)16(18)14-10-6-3-7-11-14/h2-12H,1H3/b15-12-. The van der Waals surface area contributed by atoms with E-state index in [4.69, 9.17) is 4.74 Å². The summed E-state index contributed by atoms with van der Waals surface area (Å²) in [5, 5.41) is 0. The van der Waals surface area contributed by atoms with Crippen molar-refractivity contribution < 1.29 is 14.3 Å². The average molecular weight is 266 g/mol. The molecule has 3 heteroatoms. The number of benzene rings is 2. The van der Waals surface area contributed by atoms with Crippen molar-refractivity contribution in [3.8, 4) is 0 Å². The van der Waals surface area contributed by atoms with Crippen molar-refractivity contribution in [3.63, 3.8) is 0 Å². The van der Waals surface area contributed by atoms with Crippen LogP contribution >= 0.6 is 0 Å². The summed E-state index contributed by atoms with van der Waals surface area (Å²) < 4.78 is 4.70. The Morgan fingerprint density at radius 3 is 2.00 bits per heavy atom. The van der Waals surface area contributed by atoms with Crippen molar-refractivity contribution in [1.29, 1.82) is 0 Å². The Labute approximate surface area is 117 Å². The van der Waals surface area contributed by atoms with Crippen LogP contribution in [0, 0.1) is 0 Å². The van der Waals surface area contributed by atoms with Crippen molar-refractivity contribution in [2.75, 3.05) is 7.11 Å². The molecular weight excluding hydrogens is 252 g/mol. The molecule has 0 aliphatic rings. The molecule has 0 saturated carbocycles. The smallest absolute Gasteiger partial charge is 0.341 e. The van der Waals surface area contributed by atoms with Gasteiger partial charge in [0.05, 0.1) is 7.11 Å². The van der Waals surface area contributed by atoms with Crippen molar-refractivity contribution in [3.05, 3.63) is 77.4 Å². The lowest BCUT2D eigenvalue weighted by atomic mass is 10.0. The first-order valence-corrected chi connectivity index (χ1v) is 6.17. The van der Waals surface area contributed by atoms with Crippen molar-refractivity contribution in [2.24, 2.45) is 0 Å². The molecule has 0 radical (unpaired) electrons. The molecule has 20 heavy (non-hydrogen) atoms. The highest BCUT2D eigenvalue weighted by Crippen LogP contribution is 2.14. The van der Waals surface area contributed by atoms with E-state index in [1.165, 1.54) is 7.11 Å². The number of carbonyl (C=O) groups excluding carboxylic acids is 2. The van der Waals surface area contributed by atoms with Gasteiger partial charge in [-0.2, -0.15) is 0 Å². The number of methoxy groups -OCH3 is 1. The van der Waals surface area contributed by atoms with Gasteiger partial charge in [0.15, 0.2) is 5.78 Å². The van der Waals surface area contributed by atoms with Crippen LogP contribution < -0.4 is 0 Å². The maximum atomic E-state index is 12.4. The first-order valence-electron chi connectivity index (χ1n) is 6.17. The van der Waals surface area contributed by atoms with Gasteiger partial charge >= 0.3 is 5.97 Å². The Kier molecular flexibility index (Phi) is 4.45. The summed E-state index contributed by atoms with van der Waals surface area (Å²) in [6.07, 6.45) is 1.54. The van der Waals surface area contributed by atoms with Gasteiger partial charge in [-0.25, -0.2) is 4.79 Å². The van der Waals surface area contributed by atoms with E-state index in [1.807, 2.05) is 36.4 Å². The molecule has 0 heterocycles. The molecule has 0 aliphatic heterocycles. The van der Waals surface area contributed by atoms with Gasteiger partial charge in [0, 0.05) is 5.56 Å². The van der Waals surface area contributed by atoms with Crippen molar-refractivity contribution in [1.82, 2.24) is 0 Å². The van der Waals surface area contributed by atoms with E-state index in [1.54, 1.807) is 30.3 Å². The van der Waals surface area contributed by atoms with E-state index in [9.17, 15) is 9.59 Å². The highest BCUT2D eigenvalue weighted by Gasteiger charge is 2.20. The Bertz CT molecular complexity index is 628. The fourth-order valence-corrected chi connectivity index (χ4v) is 1.79. The summed E-state index contributed by atoms with van der Waals surface area (Å²) in [4.78, 5) is 24.2. The number of Topliss-reactive ketones (excluding diaryl/α,β-unsaturated/α-hetero) is 1. The molecule has 100 valence electrons. The molecule has 0 aliphatic carbocycles. The van der Waals surface area contributed by atoms with Crippen molar-refractivity contribution >= 4 is 17.8 Å². The van der Waals surface area contributed by atoms with E-state index in [2.05, 4.69) is 0 Å². The summed E-state index contributed by atoms with van der Waals surface area (Å²) in [5.41, 5.74) is 1.25. The summed E-state index contributed by atoms with van der Waals surface area (Å²) in [6, 6.07) is 17.9. The van der Waals surface area contributed by atoms with Crippen LogP contribution in [0.25, 0.3) is 6.08 Å². The predicted molar refractivity (Wildman–Crippen MR) is 77.2 cm³/mol. The zero-order valence-electron chi connectivity index (χ0n) is 11.1. The summed E-state index contributed by atoms with van der Waals surface area (Å²) in [5.74, 6) is -0.982. The average Bonchev–Trinajstić information content (AvgIpc) is 2.53. The van der Waals surface area contributed by atoms with Gasteiger partial charge in [-0.05, 0) is 11.6 Å². The lowest BCUT2D eigenvalue weighted by molar-refractivity contribution is -0.135. The predicted octanol–water partition coefficient (Wildman–Crippen LogP) is 3.13. The number of ketones is 1.